The summed E-state index contributed by atoms with van der Waals surface area (Å²) in [6, 6.07) is 10.9. The van der Waals surface area contributed by atoms with Gasteiger partial charge in [0.2, 0.25) is 5.78 Å². The Bertz CT molecular complexity index is 968. The Morgan fingerprint density at radius 3 is 2.26 bits per heavy atom. The first-order chi connectivity index (χ1) is 16.4. The highest BCUT2D eigenvalue weighted by Gasteiger charge is 2.39. The van der Waals surface area contributed by atoms with Crippen molar-refractivity contribution in [2.24, 2.45) is 0 Å². The van der Waals surface area contributed by atoms with E-state index in [1.807, 2.05) is 32.0 Å². The van der Waals surface area contributed by atoms with Crippen LogP contribution in [0.2, 0.25) is 0 Å². The van der Waals surface area contributed by atoms with Crippen molar-refractivity contribution in [1.29, 1.82) is 0 Å². The van der Waals surface area contributed by atoms with Crippen LogP contribution in [0.5, 0.6) is 11.5 Å². The van der Waals surface area contributed by atoms with Crippen molar-refractivity contribution < 1.29 is 19.4 Å². The summed E-state index contributed by atoms with van der Waals surface area (Å²) in [6.45, 7) is 12.3. The molecular weight excluding hydrogens is 426 g/mol. The molecule has 5 heteroatoms. The van der Waals surface area contributed by atoms with Crippen LogP contribution in [-0.4, -0.2) is 47.8 Å². The van der Waals surface area contributed by atoms with Crippen LogP contribution in [0.1, 0.15) is 73.0 Å². The van der Waals surface area contributed by atoms with Crippen molar-refractivity contribution in [3.05, 3.63) is 64.7 Å². The molecule has 1 aliphatic rings. The number of ether oxygens (including phenoxy) is 2. The lowest BCUT2D eigenvalue weighted by atomic mass is 9.96. The maximum Gasteiger partial charge on any atom is 0.293 e. The van der Waals surface area contributed by atoms with E-state index in [1.165, 1.54) is 31.8 Å². The Morgan fingerprint density at radius 2 is 1.62 bits per heavy atom. The van der Waals surface area contributed by atoms with Crippen molar-refractivity contribution in [3.8, 4) is 11.5 Å². The minimum Gasteiger partial charge on any atom is -0.493 e. The van der Waals surface area contributed by atoms with Gasteiger partial charge in [-0.15, -0.1) is 0 Å². The molecule has 1 aliphatic heterocycles. The fourth-order valence-electron chi connectivity index (χ4n) is 4.31. The largest absolute Gasteiger partial charge is 0.493 e. The lowest BCUT2D eigenvalue weighted by Gasteiger charge is -2.28. The second-order valence-corrected chi connectivity index (χ2v) is 9.19. The molecule has 3 rings (SSSR count). The smallest absolute Gasteiger partial charge is 0.293 e. The molecule has 0 aromatic heterocycles. The van der Waals surface area contributed by atoms with E-state index in [0.29, 0.717) is 17.9 Å². The normalized spacial score (nSPS) is 16.9. The number of hydrogen-bond donors (Lipinski definition) is 1. The van der Waals surface area contributed by atoms with Gasteiger partial charge < -0.3 is 19.5 Å². The first kappa shape index (κ1) is 26.0. The van der Waals surface area contributed by atoms with Gasteiger partial charge in [-0.25, -0.2) is 0 Å². The number of aryl methyl sites for hydroxylation is 2. The fraction of sp³-hybridized carbons (Fsp3) is 0.483. The number of unbranched alkanes of at least 4 members (excludes halogenated alkanes) is 2. The van der Waals surface area contributed by atoms with Crippen LogP contribution in [0.3, 0.4) is 0 Å². The van der Waals surface area contributed by atoms with Crippen LogP contribution in [0.25, 0.3) is 6.08 Å². The SMILES string of the molecule is CCCCN(CCCC)CCCOc1c(C)cc(C(=O)[C@@]2(O)C=Cc3ccccc3O2)cc1C. The van der Waals surface area contributed by atoms with E-state index < -0.39 is 11.6 Å². The third kappa shape index (κ3) is 6.49. The highest BCUT2D eigenvalue weighted by atomic mass is 16.6. The minimum atomic E-state index is -2.02. The number of benzene rings is 2. The van der Waals surface area contributed by atoms with Gasteiger partial charge in [0, 0.05) is 17.7 Å². The molecular formula is C29H39NO4. The number of Topliss-reactive ketones (excluding diaryl/α,β-unsaturated/α-hetero) is 1. The Kier molecular flexibility index (Phi) is 9.31. The lowest BCUT2D eigenvalue weighted by molar-refractivity contribution is -0.0640. The summed E-state index contributed by atoms with van der Waals surface area (Å²) >= 11 is 0. The van der Waals surface area contributed by atoms with Gasteiger partial charge in [-0.05, 0) is 87.7 Å². The average Bonchev–Trinajstić information content (AvgIpc) is 2.83. The fourth-order valence-corrected chi connectivity index (χ4v) is 4.31. The molecule has 0 radical (unpaired) electrons. The predicted molar refractivity (Wildman–Crippen MR) is 138 cm³/mol. The highest BCUT2D eigenvalue weighted by Crippen LogP contribution is 2.33. The summed E-state index contributed by atoms with van der Waals surface area (Å²) in [6.07, 6.45) is 8.99. The molecule has 0 saturated heterocycles. The first-order valence-corrected chi connectivity index (χ1v) is 12.6. The molecule has 1 atom stereocenters. The standard InChI is InChI=1S/C29H39NO4/c1-5-7-16-30(17-8-6-2)18-11-19-33-27-22(3)20-25(21-23(27)4)28(31)29(32)15-14-24-12-9-10-13-26(24)34-29/h9-10,12-15,20-21,32H,5-8,11,16-19H2,1-4H3/t29-/m1/s1. The van der Waals surface area contributed by atoms with Crippen molar-refractivity contribution in [2.75, 3.05) is 26.2 Å². The highest BCUT2D eigenvalue weighted by molar-refractivity contribution is 6.04. The van der Waals surface area contributed by atoms with Crippen LogP contribution in [-0.2, 0) is 0 Å². The Balaban J connectivity index is 1.62. The molecule has 1 N–H and O–H groups in total. The zero-order valence-electron chi connectivity index (χ0n) is 21.1. The van der Waals surface area contributed by atoms with E-state index in [0.717, 1.165) is 48.5 Å². The summed E-state index contributed by atoms with van der Waals surface area (Å²) in [5, 5.41) is 10.9. The van der Waals surface area contributed by atoms with Gasteiger partial charge in [-0.2, -0.15) is 0 Å². The van der Waals surface area contributed by atoms with Gasteiger partial charge in [-0.3, -0.25) is 4.79 Å². The molecule has 34 heavy (non-hydrogen) atoms. The number of fused-ring (bicyclic) bond motifs is 1. The van der Waals surface area contributed by atoms with Crippen LogP contribution in [0, 0.1) is 13.8 Å². The molecule has 1 heterocycles. The molecule has 2 aromatic carbocycles. The molecule has 0 spiro atoms. The number of aliphatic hydroxyl groups is 1. The monoisotopic (exact) mass is 465 g/mol. The third-order valence-electron chi connectivity index (χ3n) is 6.24. The van der Waals surface area contributed by atoms with E-state index >= 15 is 0 Å². The second-order valence-electron chi connectivity index (χ2n) is 9.19. The van der Waals surface area contributed by atoms with Gasteiger partial charge in [-0.1, -0.05) is 44.9 Å². The quantitative estimate of drug-likeness (QED) is 0.292. The molecule has 0 aliphatic carbocycles. The van der Waals surface area contributed by atoms with E-state index in [1.54, 1.807) is 24.3 Å². The minimum absolute atomic E-state index is 0.402. The van der Waals surface area contributed by atoms with Crippen molar-refractivity contribution in [2.45, 2.75) is 65.6 Å². The Morgan fingerprint density at radius 1 is 1.00 bits per heavy atom. The van der Waals surface area contributed by atoms with E-state index in [-0.39, 0.29) is 0 Å². The van der Waals surface area contributed by atoms with Gasteiger partial charge in [0.05, 0.1) is 6.61 Å². The van der Waals surface area contributed by atoms with Crippen LogP contribution in [0.4, 0.5) is 0 Å². The summed E-state index contributed by atoms with van der Waals surface area (Å²) in [5.74, 6) is -1.21. The van der Waals surface area contributed by atoms with E-state index in [4.69, 9.17) is 9.47 Å². The topological polar surface area (TPSA) is 59.0 Å². The lowest BCUT2D eigenvalue weighted by Crippen LogP contribution is -2.44. The number of rotatable bonds is 13. The summed E-state index contributed by atoms with van der Waals surface area (Å²) in [7, 11) is 0. The molecule has 0 amide bonds. The molecule has 5 nitrogen and oxygen atoms in total. The maximum atomic E-state index is 13.2. The van der Waals surface area contributed by atoms with Crippen molar-refractivity contribution in [3.63, 3.8) is 0 Å². The number of carbonyl (C=O) groups excluding carboxylic acids is 1. The maximum absolute atomic E-state index is 13.2. The summed E-state index contributed by atoms with van der Waals surface area (Å²) < 4.78 is 11.8. The Labute approximate surface area is 204 Å². The molecule has 0 unspecified atom stereocenters. The molecule has 2 aromatic rings. The van der Waals surface area contributed by atoms with Crippen molar-refractivity contribution >= 4 is 11.9 Å². The summed E-state index contributed by atoms with van der Waals surface area (Å²) in [4.78, 5) is 15.7. The number of carbonyl (C=O) groups is 1. The summed E-state index contributed by atoms with van der Waals surface area (Å²) in [5.41, 5.74) is 2.99. The molecule has 184 valence electrons. The predicted octanol–water partition coefficient (Wildman–Crippen LogP) is 5.95. The zero-order chi connectivity index (χ0) is 24.6. The van der Waals surface area contributed by atoms with Crippen molar-refractivity contribution in [1.82, 2.24) is 4.90 Å². The molecule has 0 saturated carbocycles. The average molecular weight is 466 g/mol. The molecule has 0 bridgehead atoms. The van der Waals surface area contributed by atoms with E-state index in [9.17, 15) is 9.90 Å². The zero-order valence-corrected chi connectivity index (χ0v) is 21.1. The second kappa shape index (κ2) is 12.2. The number of para-hydroxylation sites is 1. The Hall–Kier alpha value is -2.63. The van der Waals surface area contributed by atoms with Crippen LogP contribution in [0.15, 0.2) is 42.5 Å². The molecule has 0 fully saturated rings. The van der Waals surface area contributed by atoms with Gasteiger partial charge in [0.15, 0.2) is 0 Å². The number of ketones is 1. The van der Waals surface area contributed by atoms with Gasteiger partial charge >= 0.3 is 0 Å². The van der Waals surface area contributed by atoms with E-state index in [2.05, 4.69) is 18.7 Å². The van der Waals surface area contributed by atoms with Gasteiger partial charge in [0.25, 0.3) is 5.79 Å². The number of nitrogens with zero attached hydrogens (tertiary/aromatic N) is 1. The number of hydrogen-bond acceptors (Lipinski definition) is 5. The third-order valence-corrected chi connectivity index (χ3v) is 6.24. The first-order valence-electron chi connectivity index (χ1n) is 12.6. The van der Waals surface area contributed by atoms with Gasteiger partial charge in [0.1, 0.15) is 11.5 Å². The van der Waals surface area contributed by atoms with Crippen LogP contribution >= 0.6 is 0 Å². The van der Waals surface area contributed by atoms with Crippen LogP contribution < -0.4 is 9.47 Å².